The van der Waals surface area contributed by atoms with E-state index in [0.717, 1.165) is 0 Å². The molecule has 0 heterocycles. The molecule has 0 spiro atoms. The van der Waals surface area contributed by atoms with Gasteiger partial charge in [-0.05, 0) is 0 Å². The summed E-state index contributed by atoms with van der Waals surface area (Å²) in [5.41, 5.74) is 0. The number of nitrogens with one attached hydrogen (secondary N) is 1. The first-order valence-corrected chi connectivity index (χ1v) is 16.6. The van der Waals surface area contributed by atoms with E-state index >= 15 is 0 Å². The van der Waals surface area contributed by atoms with Crippen molar-refractivity contribution in [3.05, 3.63) is 0 Å². The molecule has 0 bridgehead atoms. The Morgan fingerprint density at radius 2 is 0.690 bits per heavy atom. The Kier molecular flexibility index (Phi) is 23.4. The van der Waals surface area contributed by atoms with E-state index in [2.05, 4.69) is 32.8 Å². The van der Waals surface area contributed by atoms with Crippen molar-refractivity contribution in [3.8, 4) is 0 Å². The van der Waals surface area contributed by atoms with Crippen molar-refractivity contribution in [1.29, 1.82) is 0 Å². The van der Waals surface area contributed by atoms with Crippen LogP contribution in [0.2, 0.25) is 0 Å². The fraction of sp³-hybridized carbons (Fsp3) is 1.00. The third kappa shape index (κ3) is 18.8. The molecule has 0 saturated carbocycles. The summed E-state index contributed by atoms with van der Waals surface area (Å²) in [5, 5.41) is 4.23. The van der Waals surface area contributed by atoms with Crippen molar-refractivity contribution in [2.45, 2.75) is 150 Å². The third-order valence-corrected chi connectivity index (χ3v) is 11.7. The van der Waals surface area contributed by atoms with Crippen molar-refractivity contribution in [2.75, 3.05) is 25.0 Å². The molecular weight excluding hydrogens is 369 g/mol. The molecule has 0 rings (SSSR count). The number of hydrogen-bond acceptors (Lipinski definition) is 1. The summed E-state index contributed by atoms with van der Waals surface area (Å²) in [4.78, 5) is 0. The van der Waals surface area contributed by atoms with Crippen LogP contribution in [0.1, 0.15) is 150 Å². The summed E-state index contributed by atoms with van der Waals surface area (Å²) in [5.74, 6) is 0. The molecule has 0 atom stereocenters. The van der Waals surface area contributed by atoms with Crippen LogP contribution in [-0.4, -0.2) is 25.0 Å². The fourth-order valence-corrected chi connectivity index (χ4v) is 9.60. The zero-order valence-corrected chi connectivity index (χ0v) is 22.3. The molecule has 0 saturated heterocycles. The zero-order chi connectivity index (χ0) is 21.5. The van der Waals surface area contributed by atoms with Crippen LogP contribution in [0, 0.1) is 0 Å². The SMILES string of the molecule is CCCCCCCC[PH](CCCCCCCC)(CCCCCCCC)NCCC. The van der Waals surface area contributed by atoms with Crippen LogP contribution in [0.5, 0.6) is 0 Å². The molecule has 29 heavy (non-hydrogen) atoms. The average molecular weight is 430 g/mol. The molecule has 0 unspecified atom stereocenters. The minimum atomic E-state index is -1.27. The first-order chi connectivity index (χ1) is 14.2. The van der Waals surface area contributed by atoms with Gasteiger partial charge >= 0.3 is 187 Å². The first kappa shape index (κ1) is 29.4. The third-order valence-electron chi connectivity index (χ3n) is 6.78. The van der Waals surface area contributed by atoms with E-state index in [4.69, 9.17) is 0 Å². The van der Waals surface area contributed by atoms with Gasteiger partial charge in [0.15, 0.2) is 0 Å². The Hall–Kier alpha value is 0.390. The quantitative estimate of drug-likeness (QED) is 0.119. The van der Waals surface area contributed by atoms with E-state index in [0.29, 0.717) is 0 Å². The van der Waals surface area contributed by atoms with Crippen LogP contribution >= 0.6 is 7.41 Å². The molecule has 1 N–H and O–H groups in total. The van der Waals surface area contributed by atoms with E-state index in [1.165, 1.54) is 129 Å². The predicted octanol–water partition coefficient (Wildman–Crippen LogP) is 9.73. The van der Waals surface area contributed by atoms with Gasteiger partial charge in [-0.2, -0.15) is 0 Å². The van der Waals surface area contributed by atoms with Crippen molar-refractivity contribution in [2.24, 2.45) is 0 Å². The molecule has 0 aliphatic rings. The standard InChI is InChI=1S/C27H60NP/c1-5-9-12-15-18-21-25-29(28-24-8-4,26-22-19-16-13-10-6-2)27-23-20-17-14-11-7-3/h28-29H,5-27H2,1-4H3. The van der Waals surface area contributed by atoms with Gasteiger partial charge in [0.1, 0.15) is 0 Å². The molecule has 0 aromatic heterocycles. The molecule has 0 radical (unpaired) electrons. The van der Waals surface area contributed by atoms with Gasteiger partial charge in [-0.15, -0.1) is 0 Å². The van der Waals surface area contributed by atoms with Crippen LogP contribution in [0.15, 0.2) is 0 Å². The fourth-order valence-electron chi connectivity index (χ4n) is 4.76. The predicted molar refractivity (Wildman–Crippen MR) is 141 cm³/mol. The van der Waals surface area contributed by atoms with Crippen LogP contribution in [-0.2, 0) is 0 Å². The Morgan fingerprint density at radius 3 is 1.00 bits per heavy atom. The van der Waals surface area contributed by atoms with Crippen molar-refractivity contribution in [1.82, 2.24) is 5.09 Å². The number of unbranched alkanes of at least 4 members (excludes halogenated alkanes) is 15. The van der Waals surface area contributed by atoms with Crippen LogP contribution < -0.4 is 5.09 Å². The molecule has 0 fully saturated rings. The number of hydrogen-bond donors (Lipinski definition) is 1. The monoisotopic (exact) mass is 429 g/mol. The normalized spacial score (nSPS) is 12.6. The molecule has 1 nitrogen and oxygen atoms in total. The van der Waals surface area contributed by atoms with Gasteiger partial charge in [0, 0.05) is 0 Å². The van der Waals surface area contributed by atoms with Gasteiger partial charge in [-0.25, -0.2) is 0 Å². The molecule has 0 amide bonds. The van der Waals surface area contributed by atoms with Crippen LogP contribution in [0.3, 0.4) is 0 Å². The summed E-state index contributed by atoms with van der Waals surface area (Å²) in [6.07, 6.45) is 32.1. The summed E-state index contributed by atoms with van der Waals surface area (Å²) < 4.78 is 0. The first-order valence-electron chi connectivity index (χ1n) is 14.0. The molecule has 0 aromatic rings. The van der Waals surface area contributed by atoms with Gasteiger partial charge in [-0.1, -0.05) is 0 Å². The average Bonchev–Trinajstić information content (AvgIpc) is 2.74. The Morgan fingerprint density at radius 1 is 0.379 bits per heavy atom. The molecular formula is C27H60NP. The van der Waals surface area contributed by atoms with Gasteiger partial charge in [0.05, 0.1) is 0 Å². The second-order valence-corrected chi connectivity index (χ2v) is 14.2. The molecule has 0 aliphatic carbocycles. The second kappa shape index (κ2) is 23.1. The zero-order valence-electron chi connectivity index (χ0n) is 21.3. The molecule has 2 heteroatoms. The van der Waals surface area contributed by atoms with Gasteiger partial charge in [-0.3, -0.25) is 0 Å². The second-order valence-electron chi connectivity index (χ2n) is 9.76. The maximum atomic E-state index is 4.23. The van der Waals surface area contributed by atoms with E-state index in [-0.39, 0.29) is 0 Å². The molecule has 0 aromatic carbocycles. The van der Waals surface area contributed by atoms with Crippen LogP contribution in [0.25, 0.3) is 0 Å². The van der Waals surface area contributed by atoms with Crippen molar-refractivity contribution >= 4 is 7.41 Å². The van der Waals surface area contributed by atoms with Crippen molar-refractivity contribution in [3.63, 3.8) is 0 Å². The minimum absolute atomic E-state index is 1.27. The summed E-state index contributed by atoms with van der Waals surface area (Å²) in [7, 11) is -1.27. The van der Waals surface area contributed by atoms with Gasteiger partial charge in [0.25, 0.3) is 0 Å². The summed E-state index contributed by atoms with van der Waals surface area (Å²) in [6.45, 7) is 10.6. The van der Waals surface area contributed by atoms with E-state index in [9.17, 15) is 0 Å². The topological polar surface area (TPSA) is 12.0 Å². The Labute approximate surface area is 187 Å². The Bertz CT molecular complexity index is 264. The van der Waals surface area contributed by atoms with Crippen molar-refractivity contribution < 1.29 is 0 Å². The molecule has 178 valence electrons. The Balaban J connectivity index is 4.52. The van der Waals surface area contributed by atoms with E-state index in [1.54, 1.807) is 18.5 Å². The molecule has 0 aliphatic heterocycles. The maximum absolute atomic E-state index is 4.23. The van der Waals surface area contributed by atoms with E-state index < -0.39 is 7.41 Å². The van der Waals surface area contributed by atoms with Gasteiger partial charge in [0.2, 0.25) is 0 Å². The van der Waals surface area contributed by atoms with Gasteiger partial charge < -0.3 is 0 Å². The number of rotatable bonds is 24. The summed E-state index contributed by atoms with van der Waals surface area (Å²) >= 11 is 0. The summed E-state index contributed by atoms with van der Waals surface area (Å²) in [6, 6.07) is 0. The van der Waals surface area contributed by atoms with Crippen LogP contribution in [0.4, 0.5) is 0 Å². The van der Waals surface area contributed by atoms with E-state index in [1.807, 2.05) is 0 Å².